The number of urea groups is 1. The number of carboxylic acids is 1. The number of piperidine rings is 1. The maximum atomic E-state index is 11.3. The first-order valence-electron chi connectivity index (χ1n) is 5.32. The molecule has 0 saturated carbocycles. The Morgan fingerprint density at radius 2 is 2.00 bits per heavy atom. The largest absolute Gasteiger partial charge is 0.481 e. The molecule has 1 aliphatic rings. The highest BCUT2D eigenvalue weighted by atomic mass is 16.4. The fourth-order valence-corrected chi connectivity index (χ4v) is 1.91. The summed E-state index contributed by atoms with van der Waals surface area (Å²) < 4.78 is 0. The Morgan fingerprint density at radius 3 is 2.47 bits per heavy atom. The van der Waals surface area contributed by atoms with Gasteiger partial charge in [-0.15, -0.1) is 0 Å². The van der Waals surface area contributed by atoms with Crippen molar-refractivity contribution >= 4 is 12.0 Å². The number of carboxylic acid groups (broad SMARTS) is 1. The molecule has 0 aromatic rings. The van der Waals surface area contributed by atoms with Crippen molar-refractivity contribution in [3.63, 3.8) is 0 Å². The van der Waals surface area contributed by atoms with Crippen LogP contribution in [-0.4, -0.2) is 42.1 Å². The number of amides is 2. The Balaban J connectivity index is 2.23. The van der Waals surface area contributed by atoms with E-state index in [4.69, 9.17) is 5.11 Å². The Kier molecular flexibility index (Phi) is 4.39. The molecule has 1 heterocycles. The van der Waals surface area contributed by atoms with E-state index in [9.17, 15) is 9.59 Å². The number of hydrogen-bond donors (Lipinski definition) is 2. The topological polar surface area (TPSA) is 69.6 Å². The van der Waals surface area contributed by atoms with Crippen LogP contribution < -0.4 is 5.32 Å². The minimum atomic E-state index is -0.733. The summed E-state index contributed by atoms with van der Waals surface area (Å²) in [6.07, 6.45) is 2.81. The summed E-state index contributed by atoms with van der Waals surface area (Å²) in [5.41, 5.74) is 0. The second-order valence-electron chi connectivity index (χ2n) is 3.92. The van der Waals surface area contributed by atoms with Crippen molar-refractivity contribution in [3.8, 4) is 0 Å². The number of nitrogens with zero attached hydrogens (tertiary/aromatic N) is 1. The molecule has 1 aliphatic heterocycles. The summed E-state index contributed by atoms with van der Waals surface area (Å²) in [4.78, 5) is 23.4. The van der Waals surface area contributed by atoms with E-state index >= 15 is 0 Å². The fraction of sp³-hybridized carbons (Fsp3) is 0.800. The van der Waals surface area contributed by atoms with Gasteiger partial charge in [-0.25, -0.2) is 4.79 Å². The van der Waals surface area contributed by atoms with Crippen molar-refractivity contribution in [1.29, 1.82) is 0 Å². The lowest BCUT2D eigenvalue weighted by Gasteiger charge is -2.31. The molecule has 0 unspecified atom stereocenters. The van der Waals surface area contributed by atoms with Gasteiger partial charge in [0.2, 0.25) is 0 Å². The van der Waals surface area contributed by atoms with Crippen molar-refractivity contribution in [1.82, 2.24) is 10.2 Å². The van der Waals surface area contributed by atoms with Crippen molar-refractivity contribution in [3.05, 3.63) is 0 Å². The first kappa shape index (κ1) is 11.8. The van der Waals surface area contributed by atoms with Crippen LogP contribution in [0.3, 0.4) is 0 Å². The molecule has 2 amide bonds. The molecule has 0 aliphatic carbocycles. The van der Waals surface area contributed by atoms with Gasteiger partial charge in [-0.05, 0) is 25.2 Å². The highest BCUT2D eigenvalue weighted by Crippen LogP contribution is 2.21. The van der Waals surface area contributed by atoms with Crippen molar-refractivity contribution in [2.24, 2.45) is 5.92 Å². The molecular formula is C10H18N2O3. The summed E-state index contributed by atoms with van der Waals surface area (Å²) >= 11 is 0. The summed E-state index contributed by atoms with van der Waals surface area (Å²) in [5, 5.41) is 11.1. The molecule has 0 radical (unpaired) electrons. The number of nitrogens with one attached hydrogen (secondary N) is 1. The van der Waals surface area contributed by atoms with E-state index in [1.165, 1.54) is 0 Å². The van der Waals surface area contributed by atoms with Crippen LogP contribution in [0.2, 0.25) is 0 Å². The van der Waals surface area contributed by atoms with Gasteiger partial charge in [0, 0.05) is 26.6 Å². The molecule has 0 spiro atoms. The fourth-order valence-electron chi connectivity index (χ4n) is 1.91. The normalized spacial score (nSPS) is 17.5. The Hall–Kier alpha value is -1.26. The second-order valence-corrected chi connectivity index (χ2v) is 3.92. The molecular weight excluding hydrogens is 196 g/mol. The maximum Gasteiger partial charge on any atom is 0.317 e. The zero-order valence-electron chi connectivity index (χ0n) is 9.03. The van der Waals surface area contributed by atoms with Gasteiger partial charge in [0.1, 0.15) is 0 Å². The highest BCUT2D eigenvalue weighted by Gasteiger charge is 2.22. The monoisotopic (exact) mass is 214 g/mol. The van der Waals surface area contributed by atoms with E-state index < -0.39 is 5.97 Å². The van der Waals surface area contributed by atoms with Gasteiger partial charge < -0.3 is 15.3 Å². The minimum absolute atomic E-state index is 0.0355. The molecule has 1 fully saturated rings. The van der Waals surface area contributed by atoms with Crippen molar-refractivity contribution in [2.45, 2.75) is 25.7 Å². The molecule has 15 heavy (non-hydrogen) atoms. The molecule has 5 nitrogen and oxygen atoms in total. The number of carbonyl (C=O) groups is 2. The van der Waals surface area contributed by atoms with Gasteiger partial charge in [0.25, 0.3) is 0 Å². The van der Waals surface area contributed by atoms with Crippen LogP contribution in [0, 0.1) is 5.92 Å². The quantitative estimate of drug-likeness (QED) is 0.733. The lowest BCUT2D eigenvalue weighted by atomic mass is 9.92. The third-order valence-corrected chi connectivity index (χ3v) is 2.88. The smallest absolute Gasteiger partial charge is 0.317 e. The minimum Gasteiger partial charge on any atom is -0.481 e. The van der Waals surface area contributed by atoms with Crippen LogP contribution in [-0.2, 0) is 4.79 Å². The number of rotatable bonds is 3. The molecule has 1 saturated heterocycles. The van der Waals surface area contributed by atoms with E-state index in [2.05, 4.69) is 5.32 Å². The van der Waals surface area contributed by atoms with E-state index in [0.29, 0.717) is 5.92 Å². The molecule has 5 heteroatoms. The standard InChI is InChI=1S/C10H18N2O3/c1-11-10(15)12-6-4-8(5-7-12)2-3-9(13)14/h8H,2-7H2,1H3,(H,11,15)(H,13,14). The summed E-state index contributed by atoms with van der Waals surface area (Å²) in [6.45, 7) is 1.48. The van der Waals surface area contributed by atoms with Gasteiger partial charge in [0.05, 0.1) is 0 Å². The van der Waals surface area contributed by atoms with Gasteiger partial charge in [-0.3, -0.25) is 4.79 Å². The predicted molar refractivity (Wildman–Crippen MR) is 55.6 cm³/mol. The maximum absolute atomic E-state index is 11.3. The van der Waals surface area contributed by atoms with Crippen LogP contribution >= 0.6 is 0 Å². The predicted octanol–water partition coefficient (Wildman–Crippen LogP) is 0.903. The van der Waals surface area contributed by atoms with Crippen LogP contribution in [0.1, 0.15) is 25.7 Å². The molecule has 86 valence electrons. The van der Waals surface area contributed by atoms with E-state index in [1.807, 2.05) is 0 Å². The van der Waals surface area contributed by atoms with Crippen molar-refractivity contribution in [2.75, 3.05) is 20.1 Å². The lowest BCUT2D eigenvalue weighted by molar-refractivity contribution is -0.137. The summed E-state index contributed by atoms with van der Waals surface area (Å²) in [7, 11) is 1.62. The SMILES string of the molecule is CNC(=O)N1CCC(CCC(=O)O)CC1. The van der Waals surface area contributed by atoms with E-state index in [1.54, 1.807) is 11.9 Å². The average Bonchev–Trinajstić information content (AvgIpc) is 2.26. The summed E-state index contributed by atoms with van der Waals surface area (Å²) in [6, 6.07) is -0.0355. The number of carbonyl (C=O) groups excluding carboxylic acids is 1. The third-order valence-electron chi connectivity index (χ3n) is 2.88. The second kappa shape index (κ2) is 5.58. The van der Waals surface area contributed by atoms with Gasteiger partial charge in [-0.1, -0.05) is 0 Å². The molecule has 0 aromatic carbocycles. The Morgan fingerprint density at radius 1 is 1.40 bits per heavy atom. The Bertz CT molecular complexity index is 235. The number of hydrogen-bond acceptors (Lipinski definition) is 2. The van der Waals surface area contributed by atoms with Gasteiger partial charge >= 0.3 is 12.0 Å². The van der Waals surface area contributed by atoms with Crippen LogP contribution in [0.15, 0.2) is 0 Å². The molecule has 0 atom stereocenters. The third kappa shape index (κ3) is 3.77. The molecule has 0 bridgehead atoms. The number of likely N-dealkylation sites (tertiary alicyclic amines) is 1. The van der Waals surface area contributed by atoms with Crippen molar-refractivity contribution < 1.29 is 14.7 Å². The molecule has 2 N–H and O–H groups in total. The van der Waals surface area contributed by atoms with E-state index in [0.717, 1.165) is 32.4 Å². The van der Waals surface area contributed by atoms with Crippen LogP contribution in [0.5, 0.6) is 0 Å². The molecule has 0 aromatic heterocycles. The zero-order chi connectivity index (χ0) is 11.3. The van der Waals surface area contributed by atoms with Crippen LogP contribution in [0.25, 0.3) is 0 Å². The molecule has 1 rings (SSSR count). The van der Waals surface area contributed by atoms with Gasteiger partial charge in [-0.2, -0.15) is 0 Å². The van der Waals surface area contributed by atoms with Gasteiger partial charge in [0.15, 0.2) is 0 Å². The summed E-state index contributed by atoms with van der Waals surface area (Å²) in [5.74, 6) is -0.272. The number of aliphatic carboxylic acids is 1. The first-order valence-corrected chi connectivity index (χ1v) is 5.32. The van der Waals surface area contributed by atoms with E-state index in [-0.39, 0.29) is 12.5 Å². The zero-order valence-corrected chi connectivity index (χ0v) is 9.03. The highest BCUT2D eigenvalue weighted by molar-refractivity contribution is 5.73. The lowest BCUT2D eigenvalue weighted by Crippen LogP contribution is -2.43. The average molecular weight is 214 g/mol. The first-order chi connectivity index (χ1) is 7.13. The van der Waals surface area contributed by atoms with Crippen LogP contribution in [0.4, 0.5) is 4.79 Å². The Labute approximate surface area is 89.4 Å².